The van der Waals surface area contributed by atoms with Gasteiger partial charge in [0.1, 0.15) is 5.56 Å². The normalized spacial score (nSPS) is 17.6. The van der Waals surface area contributed by atoms with E-state index in [1.807, 2.05) is 0 Å². The molecule has 1 aromatic carbocycles. The van der Waals surface area contributed by atoms with E-state index in [2.05, 4.69) is 4.91 Å². The number of aliphatic hydroxyl groups excluding tert-OH is 1. The fourth-order valence-electron chi connectivity index (χ4n) is 1.69. The van der Waals surface area contributed by atoms with Crippen LogP contribution >= 0.6 is 0 Å². The van der Waals surface area contributed by atoms with E-state index in [1.165, 1.54) is 24.3 Å². The van der Waals surface area contributed by atoms with Crippen molar-refractivity contribution >= 4 is 17.8 Å². The first-order chi connectivity index (χ1) is 9.95. The van der Waals surface area contributed by atoms with Gasteiger partial charge in [0.25, 0.3) is 0 Å². The van der Waals surface area contributed by atoms with Crippen molar-refractivity contribution in [3.63, 3.8) is 0 Å². The number of rotatable bonds is 4. The number of hydrogen-bond donors (Lipinski definition) is 2. The Morgan fingerprint density at radius 3 is 2.62 bits per heavy atom. The second-order valence-corrected chi connectivity index (χ2v) is 4.00. The van der Waals surface area contributed by atoms with Crippen molar-refractivity contribution in [2.24, 2.45) is 0 Å². The van der Waals surface area contributed by atoms with Gasteiger partial charge in [0, 0.05) is 0 Å². The number of aromatic carboxylic acids is 1. The summed E-state index contributed by atoms with van der Waals surface area (Å²) in [4.78, 5) is 41.8. The van der Waals surface area contributed by atoms with Gasteiger partial charge in [-0.25, -0.2) is 14.4 Å². The van der Waals surface area contributed by atoms with Crippen molar-refractivity contribution in [3.05, 3.63) is 40.3 Å². The topological polar surface area (TPSA) is 144 Å². The number of imide groups is 1. The van der Waals surface area contributed by atoms with Crippen LogP contribution in [-0.4, -0.2) is 44.1 Å². The maximum absolute atomic E-state index is 11.6. The molecule has 21 heavy (non-hydrogen) atoms. The third kappa shape index (κ3) is 2.61. The smallest absolute Gasteiger partial charge is 0.369 e. The molecule has 1 heterocycles. The number of carbonyl (C=O) groups excluding carboxylic acids is 2. The van der Waals surface area contributed by atoms with E-state index >= 15 is 0 Å². The Bertz CT molecular complexity index is 681. The van der Waals surface area contributed by atoms with Gasteiger partial charge in [0.15, 0.2) is 11.9 Å². The summed E-state index contributed by atoms with van der Waals surface area (Å²) in [5.74, 6) is -3.49. The van der Waals surface area contributed by atoms with Crippen LogP contribution in [0.5, 0.6) is 5.75 Å². The Hall–Kier alpha value is -3.10. The van der Waals surface area contributed by atoms with E-state index in [9.17, 15) is 19.5 Å². The Labute approximate surface area is 116 Å². The highest BCUT2D eigenvalue weighted by atomic mass is 16.7. The molecule has 0 radical (unpaired) electrons. The van der Waals surface area contributed by atoms with E-state index < -0.39 is 30.3 Å². The maximum atomic E-state index is 11.6. The van der Waals surface area contributed by atoms with Crippen molar-refractivity contribution in [3.8, 4) is 5.75 Å². The summed E-state index contributed by atoms with van der Waals surface area (Å²) in [5.41, 5.74) is 8.58. The molecule has 0 bridgehead atoms. The first kappa shape index (κ1) is 14.3. The van der Waals surface area contributed by atoms with Gasteiger partial charge in [-0.2, -0.15) is 0 Å². The van der Waals surface area contributed by atoms with Crippen molar-refractivity contribution < 1.29 is 34.4 Å². The van der Waals surface area contributed by atoms with Crippen LogP contribution < -0.4 is 4.84 Å². The lowest BCUT2D eigenvalue weighted by Crippen LogP contribution is -2.41. The zero-order valence-corrected chi connectivity index (χ0v) is 10.4. The molecule has 10 heteroatoms. The number of hydrogen-bond acceptors (Lipinski definition) is 5. The second-order valence-electron chi connectivity index (χ2n) is 4.00. The third-order valence-corrected chi connectivity index (χ3v) is 2.64. The predicted molar refractivity (Wildman–Crippen MR) is 63.5 cm³/mol. The molecule has 0 aromatic heterocycles. The fourth-order valence-corrected chi connectivity index (χ4v) is 1.69. The highest BCUT2D eigenvalue weighted by Gasteiger charge is 2.49. The summed E-state index contributed by atoms with van der Waals surface area (Å²) in [6, 6.07) is 5.34. The van der Waals surface area contributed by atoms with E-state index in [1.54, 1.807) is 0 Å². The molecule has 0 aliphatic carbocycles. The van der Waals surface area contributed by atoms with E-state index in [0.29, 0.717) is 0 Å². The Balaban J connectivity index is 2.34. The monoisotopic (exact) mass is 293 g/mol. The Kier molecular flexibility index (Phi) is 3.74. The highest BCUT2D eigenvalue weighted by Crippen LogP contribution is 2.20. The third-order valence-electron chi connectivity index (χ3n) is 2.64. The van der Waals surface area contributed by atoms with Crippen molar-refractivity contribution in [2.75, 3.05) is 0 Å². The molecule has 1 unspecified atom stereocenters. The van der Waals surface area contributed by atoms with Crippen LogP contribution in [0.3, 0.4) is 0 Å². The summed E-state index contributed by atoms with van der Waals surface area (Å²) in [6.07, 6.45) is -2.06. The number of carbonyl (C=O) groups is 3. The molecule has 0 saturated carbocycles. The quantitative estimate of drug-likeness (QED) is 0.200. The van der Waals surface area contributed by atoms with Gasteiger partial charge in [-0.3, -0.25) is 4.84 Å². The van der Waals surface area contributed by atoms with Gasteiger partial charge in [0.05, 0.1) is 11.3 Å². The van der Waals surface area contributed by atoms with Crippen LogP contribution in [-0.2, 0) is 9.59 Å². The summed E-state index contributed by atoms with van der Waals surface area (Å²) >= 11 is 0. The first-order valence-electron chi connectivity index (χ1n) is 5.66. The van der Waals surface area contributed by atoms with E-state index in [0.717, 1.165) is 0 Å². The standard InChI is InChI=1S/C11H8N4O6/c12-13-15(14-9(17)5-7(16)10(14)18)21-8-4-2-1-3-6(8)11(19)20/h1-4,7,16H,5H2/p+1. The summed E-state index contributed by atoms with van der Waals surface area (Å²) in [5, 5.41) is 18.5. The predicted octanol–water partition coefficient (Wildman–Crippen LogP) is 0.0362. The van der Waals surface area contributed by atoms with Crippen molar-refractivity contribution in [1.29, 1.82) is 0 Å². The largest absolute Gasteiger partial charge is 0.478 e. The Morgan fingerprint density at radius 2 is 2.10 bits per heavy atom. The maximum Gasteiger partial charge on any atom is 0.369 e. The average Bonchev–Trinajstić information content (AvgIpc) is 2.70. The van der Waals surface area contributed by atoms with E-state index in [-0.39, 0.29) is 21.3 Å². The zero-order chi connectivity index (χ0) is 15.6. The van der Waals surface area contributed by atoms with Gasteiger partial charge >= 0.3 is 17.8 Å². The van der Waals surface area contributed by atoms with Gasteiger partial charge in [0.2, 0.25) is 10.5 Å². The van der Waals surface area contributed by atoms with Crippen LogP contribution in [0.4, 0.5) is 0 Å². The van der Waals surface area contributed by atoms with Crippen LogP contribution in [0.2, 0.25) is 0 Å². The minimum absolute atomic E-state index is 0.114. The van der Waals surface area contributed by atoms with Crippen molar-refractivity contribution in [1.82, 2.24) is 5.01 Å². The summed E-state index contributed by atoms with van der Waals surface area (Å²) < 4.78 is 0. The van der Waals surface area contributed by atoms with Crippen LogP contribution in [0.1, 0.15) is 16.8 Å². The molecular weight excluding hydrogens is 284 g/mol. The SMILES string of the molecule is [N-]=[N+]=[N+](Oc1ccccc1C(=O)O)N1C(=O)CC(O)C1=O. The fraction of sp³-hybridized carbons (Fsp3) is 0.182. The van der Waals surface area contributed by atoms with Gasteiger partial charge in [-0.05, 0) is 17.1 Å². The Morgan fingerprint density at radius 1 is 1.43 bits per heavy atom. The molecule has 1 atom stereocenters. The molecule has 2 amide bonds. The van der Waals surface area contributed by atoms with Gasteiger partial charge in [-0.15, -0.1) is 0 Å². The molecule has 0 spiro atoms. The molecule has 1 aliphatic heterocycles. The highest BCUT2D eigenvalue weighted by molar-refractivity contribution is 6.03. The molecule has 2 N–H and O–H groups in total. The molecule has 1 aromatic rings. The molecule has 108 valence electrons. The number of amides is 2. The summed E-state index contributed by atoms with van der Waals surface area (Å²) in [7, 11) is 0. The lowest BCUT2D eigenvalue weighted by molar-refractivity contribution is -0.851. The second kappa shape index (κ2) is 5.49. The average molecular weight is 293 g/mol. The molecule has 2 rings (SSSR count). The number of hydrazine groups is 1. The molecular formula is C11H9N4O6+. The van der Waals surface area contributed by atoms with Crippen LogP contribution in [0.25, 0.3) is 10.4 Å². The number of carboxylic acid groups (broad SMARTS) is 1. The van der Waals surface area contributed by atoms with E-state index in [4.69, 9.17) is 15.5 Å². The molecule has 1 aliphatic rings. The van der Waals surface area contributed by atoms with Crippen LogP contribution in [0, 0.1) is 0 Å². The van der Waals surface area contributed by atoms with Gasteiger partial charge < -0.3 is 10.2 Å². The first-order valence-corrected chi connectivity index (χ1v) is 5.66. The lowest BCUT2D eigenvalue weighted by atomic mass is 10.2. The number of aliphatic hydroxyl groups is 1. The minimum Gasteiger partial charge on any atom is -0.478 e. The number of nitrogens with zero attached hydrogens (tertiary/aromatic N) is 4. The molecule has 1 saturated heterocycles. The number of carboxylic acids is 1. The van der Waals surface area contributed by atoms with Gasteiger partial charge in [-0.1, -0.05) is 12.1 Å². The molecule has 10 nitrogen and oxygen atoms in total. The number of para-hydroxylation sites is 1. The molecule has 1 fully saturated rings. The minimum atomic E-state index is -1.57. The van der Waals surface area contributed by atoms with Crippen LogP contribution in [0.15, 0.2) is 24.3 Å². The number of benzene rings is 1. The zero-order valence-electron chi connectivity index (χ0n) is 10.4. The summed E-state index contributed by atoms with van der Waals surface area (Å²) in [6.45, 7) is 0. The lowest BCUT2D eigenvalue weighted by Gasteiger charge is -2.08. The van der Waals surface area contributed by atoms with Crippen molar-refractivity contribution in [2.45, 2.75) is 12.5 Å².